The summed E-state index contributed by atoms with van der Waals surface area (Å²) in [5, 5.41) is 21.0. The Kier molecular flexibility index (Phi) is 6.17. The first kappa shape index (κ1) is 17.0. The number of aliphatic hydroxyl groups is 1. The lowest BCUT2D eigenvalue weighted by atomic mass is 10.0. The minimum atomic E-state index is -1.46. The molecule has 0 radical (unpaired) electrons. The summed E-state index contributed by atoms with van der Waals surface area (Å²) in [6.45, 7) is 3.75. The molecule has 0 saturated carbocycles. The Morgan fingerprint density at radius 2 is 1.90 bits per heavy atom. The number of benzene rings is 1. The van der Waals surface area contributed by atoms with Crippen molar-refractivity contribution in [2.24, 2.45) is 0 Å². The van der Waals surface area contributed by atoms with Crippen molar-refractivity contribution in [1.82, 2.24) is 5.32 Å². The van der Waals surface area contributed by atoms with Crippen LogP contribution >= 0.6 is 0 Å². The third kappa shape index (κ3) is 6.76. The molecule has 116 valence electrons. The number of amides is 1. The highest BCUT2D eigenvalue weighted by atomic mass is 16.5. The van der Waals surface area contributed by atoms with Crippen LogP contribution in [0.2, 0.25) is 0 Å². The summed E-state index contributed by atoms with van der Waals surface area (Å²) in [6, 6.07) is 7.15. The van der Waals surface area contributed by atoms with E-state index in [1.165, 1.54) is 6.92 Å². The highest BCUT2D eigenvalue weighted by Gasteiger charge is 2.24. The van der Waals surface area contributed by atoms with Crippen molar-refractivity contribution in [3.8, 4) is 5.75 Å². The van der Waals surface area contributed by atoms with Gasteiger partial charge in [0.1, 0.15) is 5.75 Å². The predicted molar refractivity (Wildman–Crippen MR) is 77.2 cm³/mol. The van der Waals surface area contributed by atoms with Crippen LogP contribution in [0.15, 0.2) is 24.3 Å². The predicted octanol–water partition coefficient (Wildman–Crippen LogP) is 0.970. The van der Waals surface area contributed by atoms with Gasteiger partial charge in [-0.3, -0.25) is 9.59 Å². The van der Waals surface area contributed by atoms with Crippen LogP contribution in [0.1, 0.15) is 25.8 Å². The number of nitrogens with one attached hydrogen (secondary N) is 1. The monoisotopic (exact) mass is 295 g/mol. The zero-order valence-corrected chi connectivity index (χ0v) is 12.3. The molecular formula is C15H21NO5. The van der Waals surface area contributed by atoms with Gasteiger partial charge in [-0.2, -0.15) is 0 Å². The summed E-state index contributed by atoms with van der Waals surface area (Å²) in [5.74, 6) is -0.642. The number of ether oxygens (including phenoxy) is 1. The molecule has 21 heavy (non-hydrogen) atoms. The van der Waals surface area contributed by atoms with Crippen molar-refractivity contribution in [3.63, 3.8) is 0 Å². The molecule has 1 rings (SSSR count). The van der Waals surface area contributed by atoms with E-state index in [9.17, 15) is 14.7 Å². The molecule has 6 heteroatoms. The molecule has 6 nitrogen and oxygen atoms in total. The van der Waals surface area contributed by atoms with E-state index < -0.39 is 18.0 Å². The smallest absolute Gasteiger partial charge is 0.306 e. The molecule has 1 aromatic carbocycles. The van der Waals surface area contributed by atoms with Gasteiger partial charge in [0.2, 0.25) is 5.91 Å². The van der Waals surface area contributed by atoms with Crippen molar-refractivity contribution < 1.29 is 24.5 Å². The van der Waals surface area contributed by atoms with Gasteiger partial charge < -0.3 is 20.3 Å². The molecule has 1 unspecified atom stereocenters. The van der Waals surface area contributed by atoms with Crippen LogP contribution < -0.4 is 10.1 Å². The molecule has 0 fully saturated rings. The maximum atomic E-state index is 11.8. The first-order chi connectivity index (χ1) is 9.82. The second-order valence-electron chi connectivity index (χ2n) is 5.10. The quantitative estimate of drug-likeness (QED) is 0.664. The standard InChI is InChI=1S/C15H21NO5/c1-3-21-12-6-4-11(5-7-12)8-13(17)16-10-15(2,20)9-14(18)19/h4-7,20H,3,8-10H2,1-2H3,(H,16,17)(H,18,19). The maximum Gasteiger partial charge on any atom is 0.306 e. The molecular weight excluding hydrogens is 274 g/mol. The van der Waals surface area contributed by atoms with Gasteiger partial charge in [-0.25, -0.2) is 0 Å². The van der Waals surface area contributed by atoms with E-state index in [1.807, 2.05) is 6.92 Å². The number of carboxylic acids is 1. The molecule has 1 atom stereocenters. The Labute approximate surface area is 123 Å². The maximum absolute atomic E-state index is 11.8. The Morgan fingerprint density at radius 1 is 1.29 bits per heavy atom. The topological polar surface area (TPSA) is 95.9 Å². The highest BCUT2D eigenvalue weighted by Crippen LogP contribution is 2.12. The van der Waals surface area contributed by atoms with E-state index in [4.69, 9.17) is 9.84 Å². The van der Waals surface area contributed by atoms with Crippen LogP contribution in [0, 0.1) is 0 Å². The second-order valence-corrected chi connectivity index (χ2v) is 5.10. The van der Waals surface area contributed by atoms with Crippen LogP contribution in [0.5, 0.6) is 5.75 Å². The molecule has 3 N–H and O–H groups in total. The molecule has 1 amide bonds. The summed E-state index contributed by atoms with van der Waals surface area (Å²) >= 11 is 0. The van der Waals surface area contributed by atoms with Crippen LogP contribution in [0.25, 0.3) is 0 Å². The number of carbonyl (C=O) groups excluding carboxylic acids is 1. The Morgan fingerprint density at radius 3 is 2.43 bits per heavy atom. The fourth-order valence-corrected chi connectivity index (χ4v) is 1.80. The summed E-state index contributed by atoms with van der Waals surface area (Å²) in [5.41, 5.74) is -0.644. The van der Waals surface area contributed by atoms with Gasteiger partial charge in [0.15, 0.2) is 0 Å². The van der Waals surface area contributed by atoms with Crippen molar-refractivity contribution in [2.45, 2.75) is 32.3 Å². The first-order valence-electron chi connectivity index (χ1n) is 6.75. The van der Waals surface area contributed by atoms with Crippen molar-refractivity contribution >= 4 is 11.9 Å². The fraction of sp³-hybridized carbons (Fsp3) is 0.467. The zero-order valence-electron chi connectivity index (χ0n) is 12.3. The number of carboxylic acid groups (broad SMARTS) is 1. The Hall–Kier alpha value is -2.08. The minimum absolute atomic E-state index is 0.102. The third-order valence-corrected chi connectivity index (χ3v) is 2.80. The molecule has 0 spiro atoms. The van der Waals surface area contributed by atoms with E-state index >= 15 is 0 Å². The van der Waals surface area contributed by atoms with E-state index in [0.29, 0.717) is 6.61 Å². The first-order valence-corrected chi connectivity index (χ1v) is 6.75. The number of rotatable bonds is 8. The lowest BCUT2D eigenvalue weighted by Gasteiger charge is -2.21. The highest BCUT2D eigenvalue weighted by molar-refractivity contribution is 5.78. The van der Waals surface area contributed by atoms with Crippen molar-refractivity contribution in [1.29, 1.82) is 0 Å². The van der Waals surface area contributed by atoms with Gasteiger partial charge in [-0.1, -0.05) is 12.1 Å². The zero-order chi connectivity index (χ0) is 15.9. The Balaban J connectivity index is 2.44. The van der Waals surface area contributed by atoms with Gasteiger partial charge in [0, 0.05) is 6.54 Å². The number of carbonyl (C=O) groups is 2. The fourth-order valence-electron chi connectivity index (χ4n) is 1.80. The van der Waals surface area contributed by atoms with Crippen molar-refractivity contribution in [2.75, 3.05) is 13.2 Å². The number of hydrogen-bond donors (Lipinski definition) is 3. The molecule has 0 aromatic heterocycles. The number of hydrogen-bond acceptors (Lipinski definition) is 4. The molecule has 1 aromatic rings. The molecule has 0 bridgehead atoms. The SMILES string of the molecule is CCOc1ccc(CC(=O)NCC(C)(O)CC(=O)O)cc1. The molecule has 0 aliphatic heterocycles. The van der Waals surface area contributed by atoms with E-state index in [-0.39, 0.29) is 18.9 Å². The average Bonchev–Trinajstić information content (AvgIpc) is 2.38. The van der Waals surface area contributed by atoms with Gasteiger partial charge >= 0.3 is 5.97 Å². The molecule has 0 heterocycles. The molecule has 0 saturated heterocycles. The lowest BCUT2D eigenvalue weighted by Crippen LogP contribution is -2.42. The van der Waals surface area contributed by atoms with Gasteiger partial charge in [-0.15, -0.1) is 0 Å². The largest absolute Gasteiger partial charge is 0.494 e. The summed E-state index contributed by atoms with van der Waals surface area (Å²) in [4.78, 5) is 22.3. The van der Waals surface area contributed by atoms with Crippen molar-refractivity contribution in [3.05, 3.63) is 29.8 Å². The van der Waals surface area contributed by atoms with Crippen LogP contribution in [-0.2, 0) is 16.0 Å². The van der Waals surface area contributed by atoms with E-state index in [1.54, 1.807) is 24.3 Å². The summed E-state index contributed by atoms with van der Waals surface area (Å²) in [6.07, 6.45) is -0.258. The van der Waals surface area contributed by atoms with Gasteiger partial charge in [0.05, 0.1) is 25.0 Å². The third-order valence-electron chi connectivity index (χ3n) is 2.80. The van der Waals surface area contributed by atoms with Crippen LogP contribution in [0.4, 0.5) is 0 Å². The van der Waals surface area contributed by atoms with E-state index in [2.05, 4.69) is 5.32 Å². The average molecular weight is 295 g/mol. The lowest BCUT2D eigenvalue weighted by molar-refractivity contribution is -0.142. The summed E-state index contributed by atoms with van der Waals surface area (Å²) in [7, 11) is 0. The second kappa shape index (κ2) is 7.64. The van der Waals surface area contributed by atoms with E-state index in [0.717, 1.165) is 11.3 Å². The van der Waals surface area contributed by atoms with Gasteiger partial charge in [0.25, 0.3) is 0 Å². The van der Waals surface area contributed by atoms with Gasteiger partial charge in [-0.05, 0) is 31.5 Å². The normalized spacial score (nSPS) is 13.3. The Bertz CT molecular complexity index is 481. The molecule has 0 aliphatic rings. The minimum Gasteiger partial charge on any atom is -0.494 e. The number of aliphatic carboxylic acids is 1. The molecule has 0 aliphatic carbocycles. The van der Waals surface area contributed by atoms with Crippen LogP contribution in [-0.4, -0.2) is 40.8 Å². The van der Waals surface area contributed by atoms with Crippen LogP contribution in [0.3, 0.4) is 0 Å². The summed E-state index contributed by atoms with van der Waals surface area (Å²) < 4.78 is 5.31.